The molecular weight excluding hydrogens is 434 g/mol. The maximum atomic E-state index is 13.0. The van der Waals surface area contributed by atoms with Gasteiger partial charge in [0.05, 0.1) is 17.4 Å². The van der Waals surface area contributed by atoms with Gasteiger partial charge in [0, 0.05) is 45.3 Å². The average molecular weight is 462 g/mol. The Balaban J connectivity index is 1.34. The van der Waals surface area contributed by atoms with Gasteiger partial charge in [-0.3, -0.25) is 9.69 Å². The lowest BCUT2D eigenvalue weighted by Crippen LogP contribution is -2.55. The largest absolute Gasteiger partial charge is 0.340 e. The molecule has 0 saturated carbocycles. The van der Waals surface area contributed by atoms with E-state index in [0.29, 0.717) is 56.2 Å². The first-order valence-electron chi connectivity index (χ1n) is 10.0. The van der Waals surface area contributed by atoms with Crippen LogP contribution in [0.3, 0.4) is 0 Å². The molecule has 2 atom stereocenters. The van der Waals surface area contributed by atoms with Crippen LogP contribution in [-0.2, 0) is 24.7 Å². The van der Waals surface area contributed by atoms with Crippen molar-refractivity contribution in [3.63, 3.8) is 0 Å². The molecule has 8 nitrogen and oxygen atoms in total. The van der Waals surface area contributed by atoms with E-state index < -0.39 is 19.9 Å². The zero-order chi connectivity index (χ0) is 20.6. The molecule has 0 N–H and O–H groups in total. The fourth-order valence-corrected chi connectivity index (χ4v) is 8.96. The molecule has 3 aliphatic heterocycles. The summed E-state index contributed by atoms with van der Waals surface area (Å²) in [4.78, 5) is 17.0. The van der Waals surface area contributed by atoms with Gasteiger partial charge in [-0.25, -0.2) is 16.8 Å². The van der Waals surface area contributed by atoms with E-state index >= 15 is 0 Å². The van der Waals surface area contributed by atoms with Crippen LogP contribution in [0.4, 0.5) is 0 Å². The first kappa shape index (κ1) is 21.2. The van der Waals surface area contributed by atoms with Crippen molar-refractivity contribution in [2.24, 2.45) is 5.92 Å². The number of nitrogens with zero attached hydrogens (tertiary/aromatic N) is 3. The lowest BCUT2D eigenvalue weighted by Gasteiger charge is -2.40. The summed E-state index contributed by atoms with van der Waals surface area (Å²) in [7, 11) is -6.45. The van der Waals surface area contributed by atoms with Crippen LogP contribution in [0, 0.1) is 5.92 Å². The summed E-state index contributed by atoms with van der Waals surface area (Å²) in [5, 5.41) is 1.74. The van der Waals surface area contributed by atoms with Crippen LogP contribution >= 0.6 is 11.3 Å². The maximum Gasteiger partial charge on any atom is 0.252 e. The number of carbonyl (C=O) groups excluding carboxylic acids is 1. The Hall–Kier alpha value is -1.01. The molecule has 0 aliphatic carbocycles. The van der Waals surface area contributed by atoms with Gasteiger partial charge in [0.1, 0.15) is 4.21 Å². The van der Waals surface area contributed by atoms with Gasteiger partial charge in [0.15, 0.2) is 9.84 Å². The predicted octanol–water partition coefficient (Wildman–Crippen LogP) is 0.480. The number of amides is 1. The highest BCUT2D eigenvalue weighted by atomic mass is 32.2. The summed E-state index contributed by atoms with van der Waals surface area (Å²) in [6.45, 7) is 3.19. The number of thiophene rings is 1. The second-order valence-corrected chi connectivity index (χ2v) is 13.4. The van der Waals surface area contributed by atoms with Crippen LogP contribution < -0.4 is 0 Å². The van der Waals surface area contributed by atoms with Crippen molar-refractivity contribution in [2.75, 3.05) is 50.8 Å². The van der Waals surface area contributed by atoms with Crippen molar-refractivity contribution in [2.45, 2.75) is 29.5 Å². The van der Waals surface area contributed by atoms with Gasteiger partial charge in [-0.2, -0.15) is 4.31 Å². The van der Waals surface area contributed by atoms with E-state index in [-0.39, 0.29) is 35.9 Å². The molecule has 3 fully saturated rings. The van der Waals surface area contributed by atoms with E-state index in [9.17, 15) is 21.6 Å². The van der Waals surface area contributed by atoms with Gasteiger partial charge in [0.25, 0.3) is 10.0 Å². The number of sulfone groups is 1. The van der Waals surface area contributed by atoms with Crippen molar-refractivity contribution in [1.29, 1.82) is 0 Å². The van der Waals surface area contributed by atoms with Crippen LogP contribution in [0.2, 0.25) is 0 Å². The number of carbonyl (C=O) groups is 1. The summed E-state index contributed by atoms with van der Waals surface area (Å²) in [6.07, 6.45) is 2.06. The molecule has 0 radical (unpaired) electrons. The lowest BCUT2D eigenvalue weighted by molar-refractivity contribution is -0.138. The first-order valence-corrected chi connectivity index (χ1v) is 14.2. The molecule has 0 aromatic carbocycles. The van der Waals surface area contributed by atoms with Crippen molar-refractivity contribution >= 4 is 37.1 Å². The second-order valence-electron chi connectivity index (χ2n) is 8.05. The van der Waals surface area contributed by atoms with Crippen molar-refractivity contribution in [1.82, 2.24) is 14.1 Å². The van der Waals surface area contributed by atoms with Crippen molar-refractivity contribution < 1.29 is 21.6 Å². The highest BCUT2D eigenvalue weighted by molar-refractivity contribution is 7.91. The Labute approximate surface area is 176 Å². The molecule has 1 aromatic rings. The number of hydrogen-bond acceptors (Lipinski definition) is 7. The molecule has 3 saturated heterocycles. The van der Waals surface area contributed by atoms with Crippen LogP contribution in [0.5, 0.6) is 0 Å². The van der Waals surface area contributed by atoms with Gasteiger partial charge < -0.3 is 4.90 Å². The Bertz CT molecular complexity index is 937. The minimum absolute atomic E-state index is 0.0229. The van der Waals surface area contributed by atoms with Crippen LogP contribution in [0.15, 0.2) is 21.7 Å². The van der Waals surface area contributed by atoms with E-state index in [1.54, 1.807) is 17.5 Å². The number of piperidine rings is 1. The lowest BCUT2D eigenvalue weighted by atomic mass is 9.97. The van der Waals surface area contributed by atoms with Crippen molar-refractivity contribution in [3.05, 3.63) is 17.5 Å². The fourth-order valence-electron chi connectivity index (χ4n) is 4.53. The molecule has 0 spiro atoms. The van der Waals surface area contributed by atoms with E-state index in [1.165, 1.54) is 15.6 Å². The first-order chi connectivity index (χ1) is 13.8. The maximum absolute atomic E-state index is 13.0. The number of piperazine rings is 1. The predicted molar refractivity (Wildman–Crippen MR) is 111 cm³/mol. The standard InChI is InChI=1S/C18H27N3O5S3/c22-18(20-9-7-19(8-10-20)16-5-12-28(23,24)14-16)15-3-1-6-21(13-15)29(25,26)17-4-2-11-27-17/h2,4,11,15-16H,1,3,5-10,12-14H2/t15-,16+/m0/s1. The van der Waals surface area contributed by atoms with E-state index in [2.05, 4.69) is 4.90 Å². The molecule has 0 bridgehead atoms. The third-order valence-electron chi connectivity index (χ3n) is 6.17. The van der Waals surface area contributed by atoms with Crippen LogP contribution in [-0.4, -0.2) is 93.7 Å². The van der Waals surface area contributed by atoms with Gasteiger partial charge in [-0.05, 0) is 30.7 Å². The summed E-state index contributed by atoms with van der Waals surface area (Å²) in [5.74, 6) is 0.193. The molecule has 1 amide bonds. The highest BCUT2D eigenvalue weighted by Crippen LogP contribution is 2.28. The third-order valence-corrected chi connectivity index (χ3v) is 11.2. The third kappa shape index (κ3) is 4.53. The Morgan fingerprint density at radius 3 is 2.48 bits per heavy atom. The Kier molecular flexibility index (Phi) is 6.04. The minimum Gasteiger partial charge on any atom is -0.340 e. The normalized spacial score (nSPS) is 29.2. The molecule has 162 valence electrons. The zero-order valence-electron chi connectivity index (χ0n) is 16.3. The van der Waals surface area contributed by atoms with E-state index in [4.69, 9.17) is 0 Å². The van der Waals surface area contributed by atoms with Gasteiger partial charge in [-0.15, -0.1) is 11.3 Å². The van der Waals surface area contributed by atoms with Gasteiger partial charge >= 0.3 is 0 Å². The van der Waals surface area contributed by atoms with Gasteiger partial charge in [-0.1, -0.05) is 6.07 Å². The Morgan fingerprint density at radius 2 is 1.86 bits per heavy atom. The smallest absolute Gasteiger partial charge is 0.252 e. The quantitative estimate of drug-likeness (QED) is 0.647. The van der Waals surface area contributed by atoms with Crippen LogP contribution in [0.25, 0.3) is 0 Å². The SMILES string of the molecule is O=C([C@H]1CCCN(S(=O)(=O)c2cccs2)C1)N1CCN([C@@H]2CCS(=O)(=O)C2)CC1. The molecule has 3 aliphatic rings. The molecule has 11 heteroatoms. The van der Waals surface area contributed by atoms with Crippen LogP contribution in [0.1, 0.15) is 19.3 Å². The molecule has 0 unspecified atom stereocenters. The highest BCUT2D eigenvalue weighted by Gasteiger charge is 2.38. The molecule has 4 rings (SSSR count). The monoisotopic (exact) mass is 461 g/mol. The number of sulfonamides is 1. The number of rotatable bonds is 4. The van der Waals surface area contributed by atoms with Crippen molar-refractivity contribution in [3.8, 4) is 0 Å². The fraction of sp³-hybridized carbons (Fsp3) is 0.722. The molecule has 4 heterocycles. The summed E-state index contributed by atoms with van der Waals surface area (Å²) in [6, 6.07) is 3.39. The van der Waals surface area contributed by atoms with E-state index in [1.807, 2.05) is 4.90 Å². The summed E-state index contributed by atoms with van der Waals surface area (Å²) < 4.78 is 50.8. The minimum atomic E-state index is -3.53. The molecule has 29 heavy (non-hydrogen) atoms. The zero-order valence-corrected chi connectivity index (χ0v) is 18.7. The van der Waals surface area contributed by atoms with E-state index in [0.717, 1.165) is 0 Å². The summed E-state index contributed by atoms with van der Waals surface area (Å²) in [5.41, 5.74) is 0. The summed E-state index contributed by atoms with van der Waals surface area (Å²) >= 11 is 1.20. The Morgan fingerprint density at radius 1 is 1.10 bits per heavy atom. The number of hydrogen-bond donors (Lipinski definition) is 0. The second kappa shape index (κ2) is 8.26. The topological polar surface area (TPSA) is 95.1 Å². The van der Waals surface area contributed by atoms with Gasteiger partial charge in [0.2, 0.25) is 5.91 Å². The molecule has 1 aromatic heterocycles. The average Bonchev–Trinajstić information content (AvgIpc) is 3.38. The molecular formula is C18H27N3O5S3.